The number of aryl methyl sites for hydroxylation is 1. The van der Waals surface area contributed by atoms with E-state index in [2.05, 4.69) is 27.4 Å². The van der Waals surface area contributed by atoms with Crippen LogP contribution in [0, 0.1) is 0 Å². The molecule has 1 amide bonds. The molecule has 0 aliphatic rings. The van der Waals surface area contributed by atoms with E-state index < -0.39 is 0 Å². The van der Waals surface area contributed by atoms with Crippen molar-refractivity contribution in [2.75, 3.05) is 11.9 Å². The van der Waals surface area contributed by atoms with Crippen LogP contribution < -0.4 is 4.90 Å². The summed E-state index contributed by atoms with van der Waals surface area (Å²) in [7, 11) is 1.77. The molecule has 30 heavy (non-hydrogen) atoms. The van der Waals surface area contributed by atoms with Crippen LogP contribution >= 0.6 is 0 Å². The molecule has 0 atom stereocenters. The molecule has 0 fully saturated rings. The number of anilines is 1. The molecule has 0 bridgehead atoms. The number of hydrogen-bond donors (Lipinski definition) is 0. The van der Waals surface area contributed by atoms with Crippen molar-refractivity contribution >= 4 is 11.6 Å². The van der Waals surface area contributed by atoms with Crippen LogP contribution in [0.5, 0.6) is 0 Å². The van der Waals surface area contributed by atoms with E-state index in [1.165, 1.54) is 0 Å². The average molecular weight is 401 g/mol. The maximum atomic E-state index is 11.5. The number of carbonyl (C=O) groups excluding carboxylic acids is 1. The van der Waals surface area contributed by atoms with Crippen LogP contribution in [0.15, 0.2) is 65.2 Å². The Morgan fingerprint density at radius 2 is 1.73 bits per heavy atom. The Hall–Kier alpha value is -3.74. The Labute approximate surface area is 175 Å². The molecule has 4 rings (SSSR count). The van der Waals surface area contributed by atoms with Gasteiger partial charge in [-0.3, -0.25) is 9.48 Å². The number of carbonyl (C=O) groups is 1. The predicted octanol–water partition coefficient (Wildman–Crippen LogP) is 4.19. The molecule has 0 aliphatic heterocycles. The first-order chi connectivity index (χ1) is 14.5. The van der Waals surface area contributed by atoms with Gasteiger partial charge in [-0.25, -0.2) is 0 Å². The second-order valence-corrected chi connectivity index (χ2v) is 7.05. The summed E-state index contributed by atoms with van der Waals surface area (Å²) in [6.45, 7) is 3.97. The summed E-state index contributed by atoms with van der Waals surface area (Å²) >= 11 is 0. The minimum atomic E-state index is 0.00628. The van der Waals surface area contributed by atoms with Crippen LogP contribution in [-0.4, -0.2) is 32.9 Å². The standard InChI is InChI=1S/C23H23N5O2/c1-4-22-24-25-23(30-22)15-28-13-12-21(26-28)19-7-5-6-18(14-19)17-8-10-20(11-9-17)27(3)16(2)29/h5-14H,4,15H2,1-3H3. The summed E-state index contributed by atoms with van der Waals surface area (Å²) in [6, 6.07) is 18.1. The predicted molar refractivity (Wildman–Crippen MR) is 115 cm³/mol. The molecule has 0 aliphatic carbocycles. The van der Waals surface area contributed by atoms with E-state index in [-0.39, 0.29) is 5.91 Å². The van der Waals surface area contributed by atoms with Crippen LogP contribution in [0.25, 0.3) is 22.4 Å². The molecule has 0 N–H and O–H groups in total. The number of nitrogens with zero attached hydrogens (tertiary/aromatic N) is 5. The maximum Gasteiger partial charge on any atom is 0.237 e. The van der Waals surface area contributed by atoms with Crippen molar-refractivity contribution in [1.29, 1.82) is 0 Å². The first-order valence-corrected chi connectivity index (χ1v) is 9.83. The fourth-order valence-electron chi connectivity index (χ4n) is 3.15. The van der Waals surface area contributed by atoms with E-state index in [1.807, 2.05) is 55.6 Å². The van der Waals surface area contributed by atoms with Crippen LogP contribution in [0.3, 0.4) is 0 Å². The lowest BCUT2D eigenvalue weighted by atomic mass is 10.0. The molecule has 2 aromatic carbocycles. The lowest BCUT2D eigenvalue weighted by molar-refractivity contribution is -0.116. The zero-order chi connectivity index (χ0) is 21.1. The van der Waals surface area contributed by atoms with Crippen LogP contribution in [0.2, 0.25) is 0 Å². The molecule has 4 aromatic rings. The highest BCUT2D eigenvalue weighted by Gasteiger charge is 2.09. The highest BCUT2D eigenvalue weighted by Crippen LogP contribution is 2.27. The molecule has 2 heterocycles. The molecule has 2 aromatic heterocycles. The topological polar surface area (TPSA) is 77.1 Å². The summed E-state index contributed by atoms with van der Waals surface area (Å²) in [4.78, 5) is 13.2. The third kappa shape index (κ3) is 4.15. The maximum absolute atomic E-state index is 11.5. The quantitative estimate of drug-likeness (QED) is 0.484. The van der Waals surface area contributed by atoms with Gasteiger partial charge >= 0.3 is 0 Å². The Bertz CT molecular complexity index is 1160. The van der Waals surface area contributed by atoms with E-state index in [0.717, 1.165) is 34.5 Å². The summed E-state index contributed by atoms with van der Waals surface area (Å²) in [5, 5.41) is 12.7. The Kier molecular flexibility index (Phi) is 5.43. The van der Waals surface area contributed by atoms with Crippen LogP contribution in [-0.2, 0) is 17.8 Å². The minimum absolute atomic E-state index is 0.00628. The zero-order valence-electron chi connectivity index (χ0n) is 17.2. The molecular weight excluding hydrogens is 378 g/mol. The highest BCUT2D eigenvalue weighted by molar-refractivity contribution is 5.91. The Balaban J connectivity index is 1.53. The fourth-order valence-corrected chi connectivity index (χ4v) is 3.15. The van der Waals surface area contributed by atoms with Gasteiger partial charge in [-0.1, -0.05) is 37.3 Å². The van der Waals surface area contributed by atoms with Crippen molar-refractivity contribution in [1.82, 2.24) is 20.0 Å². The van der Waals surface area contributed by atoms with Gasteiger partial charge in [0, 0.05) is 37.8 Å². The first-order valence-electron chi connectivity index (χ1n) is 9.83. The summed E-state index contributed by atoms with van der Waals surface area (Å²) < 4.78 is 7.36. The van der Waals surface area contributed by atoms with E-state index in [1.54, 1.807) is 23.6 Å². The van der Waals surface area contributed by atoms with E-state index >= 15 is 0 Å². The van der Waals surface area contributed by atoms with Gasteiger partial charge in [-0.05, 0) is 35.4 Å². The number of amides is 1. The molecule has 0 spiro atoms. The number of hydrogen-bond acceptors (Lipinski definition) is 5. The van der Waals surface area contributed by atoms with Crippen molar-refractivity contribution in [3.05, 3.63) is 72.6 Å². The number of aromatic nitrogens is 4. The fraction of sp³-hybridized carbons (Fsp3) is 0.217. The second-order valence-electron chi connectivity index (χ2n) is 7.05. The van der Waals surface area contributed by atoms with Crippen molar-refractivity contribution in [3.8, 4) is 22.4 Å². The SMILES string of the molecule is CCc1nnc(Cn2ccc(-c3cccc(-c4ccc(N(C)C(C)=O)cc4)c3)n2)o1. The van der Waals surface area contributed by atoms with Crippen LogP contribution in [0.1, 0.15) is 25.6 Å². The molecule has 152 valence electrons. The van der Waals surface area contributed by atoms with Gasteiger partial charge in [-0.2, -0.15) is 5.10 Å². The minimum Gasteiger partial charge on any atom is -0.423 e. The molecular formula is C23H23N5O2. The summed E-state index contributed by atoms with van der Waals surface area (Å²) in [5.74, 6) is 1.18. The largest absolute Gasteiger partial charge is 0.423 e. The van der Waals surface area contributed by atoms with Crippen molar-refractivity contribution in [2.24, 2.45) is 0 Å². The highest BCUT2D eigenvalue weighted by atomic mass is 16.4. The van der Waals surface area contributed by atoms with Crippen molar-refractivity contribution in [2.45, 2.75) is 26.8 Å². The molecule has 0 radical (unpaired) electrons. The summed E-state index contributed by atoms with van der Waals surface area (Å²) in [5.41, 5.74) is 4.93. The number of rotatable bonds is 6. The monoisotopic (exact) mass is 401 g/mol. The van der Waals surface area contributed by atoms with E-state index in [0.29, 0.717) is 18.3 Å². The lowest BCUT2D eigenvalue weighted by Gasteiger charge is -2.15. The average Bonchev–Trinajstić information content (AvgIpc) is 3.43. The second kappa shape index (κ2) is 8.32. The van der Waals surface area contributed by atoms with Gasteiger partial charge in [0.15, 0.2) is 0 Å². The third-order valence-electron chi connectivity index (χ3n) is 4.97. The molecule has 0 saturated carbocycles. The smallest absolute Gasteiger partial charge is 0.237 e. The van der Waals surface area contributed by atoms with Gasteiger partial charge in [0.1, 0.15) is 6.54 Å². The van der Waals surface area contributed by atoms with Gasteiger partial charge in [-0.15, -0.1) is 10.2 Å². The molecule has 7 heteroatoms. The van der Waals surface area contributed by atoms with Crippen molar-refractivity contribution < 1.29 is 9.21 Å². The summed E-state index contributed by atoms with van der Waals surface area (Å²) in [6.07, 6.45) is 2.63. The van der Waals surface area contributed by atoms with Crippen LogP contribution in [0.4, 0.5) is 5.69 Å². The Morgan fingerprint density at radius 1 is 1.00 bits per heavy atom. The van der Waals surface area contributed by atoms with E-state index in [4.69, 9.17) is 4.42 Å². The molecule has 7 nitrogen and oxygen atoms in total. The number of benzene rings is 2. The van der Waals surface area contributed by atoms with Gasteiger partial charge in [0.25, 0.3) is 0 Å². The van der Waals surface area contributed by atoms with E-state index in [9.17, 15) is 4.79 Å². The van der Waals surface area contributed by atoms with Gasteiger partial charge in [0.05, 0.1) is 5.69 Å². The van der Waals surface area contributed by atoms with Gasteiger partial charge < -0.3 is 9.32 Å². The third-order valence-corrected chi connectivity index (χ3v) is 4.97. The van der Waals surface area contributed by atoms with Gasteiger partial charge in [0.2, 0.25) is 17.7 Å². The lowest BCUT2D eigenvalue weighted by Crippen LogP contribution is -2.22. The van der Waals surface area contributed by atoms with Crippen molar-refractivity contribution in [3.63, 3.8) is 0 Å². The first kappa shape index (κ1) is 19.6. The Morgan fingerprint density at radius 3 is 2.43 bits per heavy atom. The molecule has 0 saturated heterocycles. The zero-order valence-corrected chi connectivity index (χ0v) is 17.2. The molecule has 0 unspecified atom stereocenters. The normalized spacial score (nSPS) is 10.9.